The summed E-state index contributed by atoms with van der Waals surface area (Å²) in [6.07, 6.45) is 2.80. The molecule has 190 valence electrons. The molecule has 1 fully saturated rings. The summed E-state index contributed by atoms with van der Waals surface area (Å²) in [5.74, 6) is 0. The van der Waals surface area contributed by atoms with Gasteiger partial charge in [0.15, 0.2) is 0 Å². The highest BCUT2D eigenvalue weighted by molar-refractivity contribution is 7.89. The molecule has 33 heavy (non-hydrogen) atoms. The molecule has 0 saturated heterocycles. The molecule has 0 aliphatic heterocycles. The maximum Gasteiger partial charge on any atom is 0.416 e. The Hall–Kier alpha value is -1.20. The van der Waals surface area contributed by atoms with Crippen LogP contribution in [0.4, 0.5) is 13.2 Å². The minimum absolute atomic E-state index is 0.124. The number of sulfonamides is 1. The third kappa shape index (κ3) is 8.83. The molecular weight excluding hydrogens is 457 g/mol. The minimum atomic E-state index is -4.50. The van der Waals surface area contributed by atoms with Gasteiger partial charge < -0.3 is 14.7 Å². The van der Waals surface area contributed by atoms with Gasteiger partial charge in [0.05, 0.1) is 23.2 Å². The highest BCUT2D eigenvalue weighted by Crippen LogP contribution is 2.32. The van der Waals surface area contributed by atoms with Crippen LogP contribution in [0, 0.1) is 0 Å². The van der Waals surface area contributed by atoms with Crippen LogP contribution in [0.25, 0.3) is 0 Å². The lowest BCUT2D eigenvalue weighted by molar-refractivity contribution is -0.137. The second-order valence-corrected chi connectivity index (χ2v) is 10.8. The molecule has 1 aliphatic carbocycles. The van der Waals surface area contributed by atoms with Crippen molar-refractivity contribution in [2.75, 3.05) is 40.4 Å². The summed E-state index contributed by atoms with van der Waals surface area (Å²) >= 11 is 0. The van der Waals surface area contributed by atoms with Crippen molar-refractivity contribution < 1.29 is 31.4 Å². The Morgan fingerprint density at radius 3 is 2.15 bits per heavy atom. The fourth-order valence-corrected chi connectivity index (χ4v) is 5.54. The Bertz CT molecular complexity index is 795. The van der Waals surface area contributed by atoms with Crippen LogP contribution in [0.3, 0.4) is 0 Å². The number of rotatable bonds is 13. The van der Waals surface area contributed by atoms with Crippen molar-refractivity contribution in [3.8, 4) is 0 Å². The van der Waals surface area contributed by atoms with Gasteiger partial charge in [-0.15, -0.1) is 0 Å². The number of ether oxygens (including phenoxy) is 1. The topological polar surface area (TPSA) is 70.1 Å². The molecule has 0 atom stereocenters. The van der Waals surface area contributed by atoms with E-state index < -0.39 is 21.8 Å². The first kappa shape index (κ1) is 28.0. The molecule has 1 saturated carbocycles. The highest BCUT2D eigenvalue weighted by atomic mass is 32.2. The molecule has 10 heteroatoms. The van der Waals surface area contributed by atoms with Gasteiger partial charge in [0.2, 0.25) is 10.0 Å². The number of hydrogen-bond donors (Lipinski definition) is 1. The number of likely N-dealkylation sites (N-methyl/N-ethyl adjacent to an activating group) is 1. The number of unbranched alkanes of at least 4 members (excludes halogenated alkanes) is 3. The maximum atomic E-state index is 12.8. The first-order valence-corrected chi connectivity index (χ1v) is 13.1. The largest absolute Gasteiger partial charge is 0.416 e. The number of nitrogens with zero attached hydrogens (tertiary/aromatic N) is 2. The van der Waals surface area contributed by atoms with Crippen LogP contribution in [0.15, 0.2) is 29.2 Å². The highest BCUT2D eigenvalue weighted by Gasteiger charge is 2.34. The van der Waals surface area contributed by atoms with Crippen LogP contribution in [0.5, 0.6) is 0 Å². The van der Waals surface area contributed by atoms with E-state index >= 15 is 0 Å². The van der Waals surface area contributed by atoms with Crippen molar-refractivity contribution >= 4 is 10.0 Å². The van der Waals surface area contributed by atoms with Gasteiger partial charge in [0.1, 0.15) is 0 Å². The van der Waals surface area contributed by atoms with E-state index in [0.717, 1.165) is 69.3 Å². The van der Waals surface area contributed by atoms with E-state index in [-0.39, 0.29) is 23.6 Å². The van der Waals surface area contributed by atoms with Crippen LogP contribution in [-0.2, 0) is 20.9 Å². The van der Waals surface area contributed by atoms with Gasteiger partial charge in [-0.3, -0.25) is 0 Å². The molecule has 1 N–H and O–H groups in total. The SMILES string of the molecule is CN(CCO)CCCCCCOC1CCC(N(C)S(=O)(=O)c2ccc(C(F)(F)F)cc2)CC1. The molecule has 0 spiro atoms. The Labute approximate surface area is 195 Å². The van der Waals surface area contributed by atoms with Gasteiger partial charge >= 0.3 is 6.18 Å². The van der Waals surface area contributed by atoms with Crippen molar-refractivity contribution in [2.45, 2.75) is 74.6 Å². The fourth-order valence-electron chi connectivity index (χ4n) is 4.12. The van der Waals surface area contributed by atoms with E-state index in [2.05, 4.69) is 4.90 Å². The van der Waals surface area contributed by atoms with Gasteiger partial charge in [-0.2, -0.15) is 17.5 Å². The lowest BCUT2D eigenvalue weighted by Gasteiger charge is -2.34. The molecule has 0 unspecified atom stereocenters. The lowest BCUT2D eigenvalue weighted by atomic mass is 9.93. The molecule has 0 heterocycles. The lowest BCUT2D eigenvalue weighted by Crippen LogP contribution is -2.40. The fraction of sp³-hybridized carbons (Fsp3) is 0.739. The summed E-state index contributed by atoms with van der Waals surface area (Å²) in [7, 11) is -0.352. The van der Waals surface area contributed by atoms with Gasteiger partial charge in [-0.1, -0.05) is 12.8 Å². The number of aliphatic hydroxyl groups is 1. The van der Waals surface area contributed by atoms with E-state index in [1.54, 1.807) is 0 Å². The van der Waals surface area contributed by atoms with E-state index in [9.17, 15) is 21.6 Å². The number of benzene rings is 1. The summed E-state index contributed by atoms with van der Waals surface area (Å²) < 4.78 is 71.2. The molecular formula is C23H37F3N2O4S. The zero-order chi connectivity index (χ0) is 24.5. The number of aliphatic hydroxyl groups excluding tert-OH is 1. The number of alkyl halides is 3. The summed E-state index contributed by atoms with van der Waals surface area (Å²) in [5.41, 5.74) is -0.865. The molecule has 0 radical (unpaired) electrons. The van der Waals surface area contributed by atoms with Crippen molar-refractivity contribution in [1.29, 1.82) is 0 Å². The molecule has 0 amide bonds. The smallest absolute Gasteiger partial charge is 0.395 e. The van der Waals surface area contributed by atoms with E-state index in [1.165, 1.54) is 11.4 Å². The zero-order valence-electron chi connectivity index (χ0n) is 19.6. The van der Waals surface area contributed by atoms with Crippen molar-refractivity contribution in [1.82, 2.24) is 9.21 Å². The third-order valence-electron chi connectivity index (χ3n) is 6.29. The zero-order valence-corrected chi connectivity index (χ0v) is 20.4. The van der Waals surface area contributed by atoms with Crippen LogP contribution < -0.4 is 0 Å². The predicted octanol–water partition coefficient (Wildman–Crippen LogP) is 4.14. The summed E-state index contributed by atoms with van der Waals surface area (Å²) in [4.78, 5) is 1.99. The van der Waals surface area contributed by atoms with Crippen LogP contribution in [0.2, 0.25) is 0 Å². The van der Waals surface area contributed by atoms with Gasteiger partial charge in [-0.05, 0) is 76.4 Å². The van der Waals surface area contributed by atoms with E-state index in [4.69, 9.17) is 9.84 Å². The van der Waals surface area contributed by atoms with Crippen molar-refractivity contribution in [2.24, 2.45) is 0 Å². The van der Waals surface area contributed by atoms with Crippen molar-refractivity contribution in [3.63, 3.8) is 0 Å². The van der Waals surface area contributed by atoms with Crippen LogP contribution in [0.1, 0.15) is 56.9 Å². The van der Waals surface area contributed by atoms with Gasteiger partial charge in [0, 0.05) is 26.2 Å². The Balaban J connectivity index is 1.70. The molecule has 1 aromatic rings. The summed E-state index contributed by atoms with van der Waals surface area (Å²) in [6, 6.07) is 3.47. The average Bonchev–Trinajstić information content (AvgIpc) is 2.78. The maximum absolute atomic E-state index is 12.8. The molecule has 6 nitrogen and oxygen atoms in total. The number of hydrogen-bond acceptors (Lipinski definition) is 5. The monoisotopic (exact) mass is 494 g/mol. The minimum Gasteiger partial charge on any atom is -0.395 e. The van der Waals surface area contributed by atoms with Crippen LogP contribution in [-0.4, -0.2) is 75.3 Å². The molecule has 2 rings (SSSR count). The molecule has 0 aromatic heterocycles. The molecule has 1 aliphatic rings. The summed E-state index contributed by atoms with van der Waals surface area (Å²) in [6.45, 7) is 2.56. The molecule has 1 aromatic carbocycles. The van der Waals surface area contributed by atoms with Crippen LogP contribution >= 0.6 is 0 Å². The Morgan fingerprint density at radius 2 is 1.58 bits per heavy atom. The Morgan fingerprint density at radius 1 is 0.970 bits per heavy atom. The summed E-state index contributed by atoms with van der Waals surface area (Å²) in [5, 5.41) is 8.88. The normalized spacial score (nSPS) is 20.0. The average molecular weight is 495 g/mol. The van der Waals surface area contributed by atoms with Gasteiger partial charge in [0.25, 0.3) is 0 Å². The molecule has 0 bridgehead atoms. The first-order valence-electron chi connectivity index (χ1n) is 11.6. The Kier molecular flexibility index (Phi) is 11.1. The van der Waals surface area contributed by atoms with Crippen molar-refractivity contribution in [3.05, 3.63) is 29.8 Å². The number of halogens is 3. The quantitative estimate of drug-likeness (QED) is 0.418. The second-order valence-electron chi connectivity index (χ2n) is 8.79. The van der Waals surface area contributed by atoms with E-state index in [1.807, 2.05) is 7.05 Å². The second kappa shape index (κ2) is 13.0. The first-order chi connectivity index (χ1) is 15.6. The van der Waals surface area contributed by atoms with Gasteiger partial charge in [-0.25, -0.2) is 8.42 Å². The standard InChI is InChI=1S/C23H37F3N2O4S/c1-27(16-17-29)15-5-3-4-6-18-32-21-11-9-20(10-12-21)28(2)33(30,31)22-13-7-19(8-14-22)23(24,25)26/h7-8,13-14,20-21,29H,3-6,9-12,15-18H2,1-2H3. The van der Waals surface area contributed by atoms with E-state index in [0.29, 0.717) is 26.0 Å². The third-order valence-corrected chi connectivity index (χ3v) is 8.21. The predicted molar refractivity (Wildman–Crippen MR) is 121 cm³/mol.